The fourth-order valence-electron chi connectivity index (χ4n) is 4.25. The molecule has 4 nitrogen and oxygen atoms in total. The molecule has 1 aromatic rings. The first-order valence-corrected chi connectivity index (χ1v) is 8.34. The topological polar surface area (TPSA) is 36.4 Å². The highest BCUT2D eigenvalue weighted by atomic mass is 16.2. The molecular weight excluding hydrogens is 262 g/mol. The van der Waals surface area contributed by atoms with Crippen LogP contribution >= 0.6 is 0 Å². The molecule has 4 rings (SSSR count). The van der Waals surface area contributed by atoms with E-state index < -0.39 is 0 Å². The van der Waals surface area contributed by atoms with E-state index in [0.717, 1.165) is 36.9 Å². The number of amides is 1. The molecule has 2 aliphatic heterocycles. The molecule has 21 heavy (non-hydrogen) atoms. The largest absolute Gasteiger partial charge is 0.356 e. The molecule has 0 N–H and O–H groups in total. The lowest BCUT2D eigenvalue weighted by molar-refractivity contribution is 0.0704. The average molecular weight is 285 g/mol. The number of aromatic nitrogens is 1. The molecule has 3 fully saturated rings. The van der Waals surface area contributed by atoms with Crippen molar-refractivity contribution in [2.24, 2.45) is 5.92 Å². The summed E-state index contributed by atoms with van der Waals surface area (Å²) in [6, 6.07) is 4.34. The molecular formula is C17H23N3O. The number of hydrogen-bond acceptors (Lipinski definition) is 3. The highest BCUT2D eigenvalue weighted by Gasteiger charge is 2.41. The Kier molecular flexibility index (Phi) is 3.32. The van der Waals surface area contributed by atoms with Gasteiger partial charge in [-0.25, -0.2) is 4.98 Å². The lowest BCUT2D eigenvalue weighted by atomic mass is 10.1. The van der Waals surface area contributed by atoms with E-state index in [1.807, 2.05) is 18.3 Å². The number of pyridine rings is 1. The summed E-state index contributed by atoms with van der Waals surface area (Å²) >= 11 is 0. The zero-order valence-corrected chi connectivity index (χ0v) is 12.5. The molecule has 2 saturated heterocycles. The van der Waals surface area contributed by atoms with Crippen LogP contribution in [0.15, 0.2) is 18.3 Å². The van der Waals surface area contributed by atoms with Crippen LogP contribution in [-0.2, 0) is 0 Å². The minimum Gasteiger partial charge on any atom is -0.356 e. The normalized spacial score (nSPS) is 28.2. The monoisotopic (exact) mass is 285 g/mol. The van der Waals surface area contributed by atoms with Gasteiger partial charge in [-0.1, -0.05) is 0 Å². The van der Waals surface area contributed by atoms with Gasteiger partial charge in [-0.2, -0.15) is 0 Å². The number of hydrogen-bond donors (Lipinski definition) is 0. The van der Waals surface area contributed by atoms with Crippen molar-refractivity contribution in [2.75, 3.05) is 24.5 Å². The van der Waals surface area contributed by atoms with E-state index in [4.69, 9.17) is 0 Å². The number of carbonyl (C=O) groups is 1. The average Bonchev–Trinajstić information content (AvgIpc) is 3.18. The van der Waals surface area contributed by atoms with Gasteiger partial charge in [0.2, 0.25) is 0 Å². The highest BCUT2D eigenvalue weighted by Crippen LogP contribution is 2.38. The molecule has 0 radical (unpaired) electrons. The third-order valence-electron chi connectivity index (χ3n) is 5.34. The Hall–Kier alpha value is -1.58. The van der Waals surface area contributed by atoms with Gasteiger partial charge in [-0.15, -0.1) is 0 Å². The van der Waals surface area contributed by atoms with Gasteiger partial charge >= 0.3 is 0 Å². The van der Waals surface area contributed by atoms with E-state index in [9.17, 15) is 4.79 Å². The van der Waals surface area contributed by atoms with Crippen LogP contribution in [0.3, 0.4) is 0 Å². The molecule has 0 spiro atoms. The lowest BCUT2D eigenvalue weighted by Gasteiger charge is -2.31. The molecule has 1 saturated carbocycles. The predicted octanol–water partition coefficient (Wildman–Crippen LogP) is 2.70. The summed E-state index contributed by atoms with van der Waals surface area (Å²) in [5.74, 6) is 1.86. The Morgan fingerprint density at radius 3 is 2.76 bits per heavy atom. The van der Waals surface area contributed by atoms with Crippen molar-refractivity contribution >= 4 is 11.7 Å². The minimum absolute atomic E-state index is 0.205. The van der Waals surface area contributed by atoms with Crippen LogP contribution in [0.5, 0.6) is 0 Å². The minimum atomic E-state index is 0.205. The smallest absolute Gasteiger partial charge is 0.257 e. The van der Waals surface area contributed by atoms with E-state index in [-0.39, 0.29) is 5.91 Å². The first-order valence-electron chi connectivity index (χ1n) is 8.34. The number of rotatable bonds is 2. The van der Waals surface area contributed by atoms with E-state index in [1.165, 1.54) is 38.5 Å². The standard InChI is InChI=1S/C17H23N3O/c21-17(20-12-13-6-7-14(20)11-13)15-5-4-8-18-16(15)19-9-2-1-3-10-19/h4-5,8,13-14H,1-3,6-7,9-12H2. The van der Waals surface area contributed by atoms with E-state index in [1.54, 1.807) is 0 Å². The fraction of sp³-hybridized carbons (Fsp3) is 0.647. The van der Waals surface area contributed by atoms with Crippen molar-refractivity contribution < 1.29 is 4.79 Å². The molecule has 112 valence electrons. The summed E-state index contributed by atoms with van der Waals surface area (Å²) in [7, 11) is 0. The van der Waals surface area contributed by atoms with Crippen LogP contribution in [0.2, 0.25) is 0 Å². The number of piperidine rings is 2. The maximum absolute atomic E-state index is 13.0. The summed E-state index contributed by atoms with van der Waals surface area (Å²) < 4.78 is 0. The Bertz CT molecular complexity index is 539. The molecule has 4 heteroatoms. The van der Waals surface area contributed by atoms with Gasteiger partial charge in [0.15, 0.2) is 0 Å². The number of anilines is 1. The highest BCUT2D eigenvalue weighted by molar-refractivity contribution is 5.99. The molecule has 1 aliphatic carbocycles. The second kappa shape index (κ2) is 5.32. The number of fused-ring (bicyclic) bond motifs is 2. The molecule has 1 aromatic heterocycles. The Morgan fingerprint density at radius 2 is 2.05 bits per heavy atom. The van der Waals surface area contributed by atoms with Crippen molar-refractivity contribution in [1.29, 1.82) is 0 Å². The van der Waals surface area contributed by atoms with Gasteiger partial charge in [-0.3, -0.25) is 4.79 Å². The molecule has 2 bridgehead atoms. The zero-order chi connectivity index (χ0) is 14.2. The van der Waals surface area contributed by atoms with Crippen LogP contribution in [0.1, 0.15) is 48.9 Å². The van der Waals surface area contributed by atoms with Crippen LogP contribution in [0.4, 0.5) is 5.82 Å². The number of likely N-dealkylation sites (tertiary alicyclic amines) is 1. The Balaban J connectivity index is 1.60. The van der Waals surface area contributed by atoms with Crippen LogP contribution < -0.4 is 4.90 Å². The lowest BCUT2D eigenvalue weighted by Crippen LogP contribution is -2.39. The predicted molar refractivity (Wildman–Crippen MR) is 82.5 cm³/mol. The summed E-state index contributed by atoms with van der Waals surface area (Å²) in [6.07, 6.45) is 9.23. The van der Waals surface area contributed by atoms with Crippen LogP contribution in [0.25, 0.3) is 0 Å². The molecule has 1 amide bonds. The molecule has 3 aliphatic rings. The van der Waals surface area contributed by atoms with Crippen LogP contribution in [0, 0.1) is 5.92 Å². The van der Waals surface area contributed by atoms with E-state index in [2.05, 4.69) is 14.8 Å². The summed E-state index contributed by atoms with van der Waals surface area (Å²) in [6.45, 7) is 3.02. The van der Waals surface area contributed by atoms with E-state index >= 15 is 0 Å². The second-order valence-electron chi connectivity index (χ2n) is 6.71. The van der Waals surface area contributed by atoms with Crippen molar-refractivity contribution in [1.82, 2.24) is 9.88 Å². The van der Waals surface area contributed by atoms with Crippen molar-refractivity contribution in [2.45, 2.75) is 44.6 Å². The van der Waals surface area contributed by atoms with Gasteiger partial charge in [-0.05, 0) is 56.6 Å². The zero-order valence-electron chi connectivity index (χ0n) is 12.5. The van der Waals surface area contributed by atoms with Crippen molar-refractivity contribution in [3.05, 3.63) is 23.9 Å². The number of carbonyl (C=O) groups excluding carboxylic acids is 1. The summed E-state index contributed by atoms with van der Waals surface area (Å²) in [4.78, 5) is 21.9. The third-order valence-corrected chi connectivity index (χ3v) is 5.34. The van der Waals surface area contributed by atoms with Gasteiger partial charge in [0.05, 0.1) is 5.56 Å². The summed E-state index contributed by atoms with van der Waals surface area (Å²) in [5, 5.41) is 0. The first kappa shape index (κ1) is 13.1. The first-order chi connectivity index (χ1) is 10.3. The fourth-order valence-corrected chi connectivity index (χ4v) is 4.25. The van der Waals surface area contributed by atoms with Crippen molar-refractivity contribution in [3.8, 4) is 0 Å². The third kappa shape index (κ3) is 2.30. The maximum atomic E-state index is 13.0. The molecule has 3 heterocycles. The maximum Gasteiger partial charge on any atom is 0.257 e. The van der Waals surface area contributed by atoms with E-state index in [0.29, 0.717) is 6.04 Å². The van der Waals surface area contributed by atoms with Gasteiger partial charge in [0.25, 0.3) is 5.91 Å². The van der Waals surface area contributed by atoms with Crippen molar-refractivity contribution in [3.63, 3.8) is 0 Å². The SMILES string of the molecule is O=C(c1cccnc1N1CCCCC1)N1CC2CCC1C2. The summed E-state index contributed by atoms with van der Waals surface area (Å²) in [5.41, 5.74) is 0.812. The van der Waals surface area contributed by atoms with Gasteiger partial charge in [0.1, 0.15) is 5.82 Å². The van der Waals surface area contributed by atoms with Crippen LogP contribution in [-0.4, -0.2) is 41.5 Å². The molecule has 2 atom stereocenters. The number of nitrogens with zero attached hydrogens (tertiary/aromatic N) is 3. The Labute approximate surface area is 126 Å². The molecule has 2 unspecified atom stereocenters. The van der Waals surface area contributed by atoms with Gasteiger partial charge < -0.3 is 9.80 Å². The van der Waals surface area contributed by atoms with Gasteiger partial charge in [0, 0.05) is 31.9 Å². The second-order valence-corrected chi connectivity index (χ2v) is 6.71. The quantitative estimate of drug-likeness (QED) is 0.838. The molecule has 0 aromatic carbocycles. The Morgan fingerprint density at radius 1 is 1.19 bits per heavy atom.